The van der Waals surface area contributed by atoms with Crippen molar-refractivity contribution in [2.45, 2.75) is 50.5 Å². The van der Waals surface area contributed by atoms with Crippen molar-refractivity contribution >= 4 is 5.97 Å². The first-order valence-corrected chi connectivity index (χ1v) is 8.66. The smallest absolute Gasteiger partial charge is 0.335 e. The van der Waals surface area contributed by atoms with Gasteiger partial charge in [-0.3, -0.25) is 0 Å². The number of aryl methyl sites for hydroxylation is 2. The van der Waals surface area contributed by atoms with E-state index in [1.807, 2.05) is 11.5 Å². The predicted octanol–water partition coefficient (Wildman–Crippen LogP) is 3.97. The Balaban J connectivity index is 2.03. The van der Waals surface area contributed by atoms with Crippen LogP contribution in [0.25, 0.3) is 0 Å². The van der Waals surface area contributed by atoms with Crippen molar-refractivity contribution in [3.63, 3.8) is 0 Å². The molecule has 5 nitrogen and oxygen atoms in total. The van der Waals surface area contributed by atoms with E-state index >= 15 is 0 Å². The molecule has 1 N–H and O–H groups in total. The predicted molar refractivity (Wildman–Crippen MR) is 90.7 cm³/mol. The standard InChI is InChI=1S/C19H22F2N2O3/c1-14-22-10-12-23(14)11-9-19(17(24)26-25,15-5-3-2-4-6-15)16-7-8-18(20,21)13-16/h2-6,10,12,16,25H,7-9,11,13H2,1H3/t16-,19+/m1/s1. The van der Waals surface area contributed by atoms with E-state index in [0.29, 0.717) is 12.1 Å². The number of benzene rings is 1. The molecule has 0 saturated heterocycles. The normalized spacial score (nSPS) is 21.3. The lowest BCUT2D eigenvalue weighted by Gasteiger charge is -2.36. The zero-order chi connectivity index (χ0) is 18.8. The topological polar surface area (TPSA) is 64.4 Å². The zero-order valence-electron chi connectivity index (χ0n) is 14.6. The molecule has 140 valence electrons. The third-order valence-corrected chi connectivity index (χ3v) is 5.51. The van der Waals surface area contributed by atoms with Crippen LogP contribution in [0.1, 0.15) is 37.1 Å². The molecule has 1 fully saturated rings. The number of hydrogen-bond acceptors (Lipinski definition) is 4. The van der Waals surface area contributed by atoms with Crippen LogP contribution >= 0.6 is 0 Å². The Morgan fingerprint density at radius 2 is 2.15 bits per heavy atom. The van der Waals surface area contributed by atoms with Gasteiger partial charge < -0.3 is 9.45 Å². The van der Waals surface area contributed by atoms with Crippen LogP contribution in [0.5, 0.6) is 0 Å². The van der Waals surface area contributed by atoms with Gasteiger partial charge in [-0.25, -0.2) is 18.6 Å². The van der Waals surface area contributed by atoms with Crippen molar-refractivity contribution in [1.82, 2.24) is 9.55 Å². The van der Waals surface area contributed by atoms with Crippen molar-refractivity contribution in [1.29, 1.82) is 0 Å². The molecule has 1 heterocycles. The minimum absolute atomic E-state index is 0.194. The van der Waals surface area contributed by atoms with E-state index in [1.54, 1.807) is 42.7 Å². The number of nitrogens with zero attached hydrogens (tertiary/aromatic N) is 2. The third-order valence-electron chi connectivity index (χ3n) is 5.51. The number of carbonyl (C=O) groups excluding carboxylic acids is 1. The average molecular weight is 364 g/mol. The fourth-order valence-corrected chi connectivity index (χ4v) is 4.10. The minimum atomic E-state index is -2.81. The number of hydrogen-bond donors (Lipinski definition) is 1. The van der Waals surface area contributed by atoms with Crippen LogP contribution in [0.4, 0.5) is 8.78 Å². The SMILES string of the molecule is Cc1nccn1CC[C@](C(=O)OO)(c1ccccc1)[C@@H]1CCC(F)(F)C1. The molecule has 0 aliphatic heterocycles. The fraction of sp³-hybridized carbons (Fsp3) is 0.474. The van der Waals surface area contributed by atoms with Gasteiger partial charge in [0, 0.05) is 31.8 Å². The Morgan fingerprint density at radius 1 is 1.42 bits per heavy atom. The van der Waals surface area contributed by atoms with E-state index in [9.17, 15) is 18.8 Å². The van der Waals surface area contributed by atoms with Gasteiger partial charge in [-0.15, -0.1) is 0 Å². The summed E-state index contributed by atoms with van der Waals surface area (Å²) in [7, 11) is 0. The highest BCUT2D eigenvalue weighted by Crippen LogP contribution is 2.50. The molecule has 26 heavy (non-hydrogen) atoms. The Bertz CT molecular complexity index is 763. The van der Waals surface area contributed by atoms with E-state index in [1.165, 1.54) is 0 Å². The lowest BCUT2D eigenvalue weighted by atomic mass is 9.67. The van der Waals surface area contributed by atoms with Crippen LogP contribution in [0.2, 0.25) is 0 Å². The second-order valence-corrected chi connectivity index (χ2v) is 6.93. The molecule has 1 aromatic carbocycles. The van der Waals surface area contributed by atoms with Crippen LogP contribution in [-0.2, 0) is 21.6 Å². The zero-order valence-corrected chi connectivity index (χ0v) is 14.6. The number of carbonyl (C=O) groups is 1. The highest BCUT2D eigenvalue weighted by Gasteiger charge is 2.55. The number of rotatable bonds is 6. The van der Waals surface area contributed by atoms with E-state index in [-0.39, 0.29) is 19.3 Å². The summed E-state index contributed by atoms with van der Waals surface area (Å²) >= 11 is 0. The molecular weight excluding hydrogens is 342 g/mol. The van der Waals surface area contributed by atoms with Crippen molar-refractivity contribution in [3.05, 3.63) is 54.1 Å². The van der Waals surface area contributed by atoms with E-state index in [0.717, 1.165) is 5.82 Å². The largest absolute Gasteiger partial charge is 0.352 e. The Morgan fingerprint density at radius 3 is 2.69 bits per heavy atom. The highest BCUT2D eigenvalue weighted by atomic mass is 19.3. The van der Waals surface area contributed by atoms with Crippen LogP contribution < -0.4 is 0 Å². The molecule has 0 radical (unpaired) electrons. The van der Waals surface area contributed by atoms with Gasteiger partial charge in [-0.05, 0) is 31.2 Å². The molecule has 3 rings (SSSR count). The molecule has 0 spiro atoms. The molecule has 0 amide bonds. The van der Waals surface area contributed by atoms with Gasteiger partial charge in [0.1, 0.15) is 11.2 Å². The third kappa shape index (κ3) is 3.35. The minimum Gasteiger partial charge on any atom is -0.335 e. The maximum absolute atomic E-state index is 14.0. The summed E-state index contributed by atoms with van der Waals surface area (Å²) < 4.78 is 29.8. The Hall–Kier alpha value is -2.28. The van der Waals surface area contributed by atoms with Gasteiger partial charge in [0.05, 0.1) is 0 Å². The summed E-state index contributed by atoms with van der Waals surface area (Å²) in [5.41, 5.74) is -0.758. The van der Waals surface area contributed by atoms with Gasteiger partial charge >= 0.3 is 5.97 Å². The number of aromatic nitrogens is 2. The molecule has 0 unspecified atom stereocenters. The van der Waals surface area contributed by atoms with Gasteiger partial charge in [0.25, 0.3) is 0 Å². The molecule has 1 aliphatic rings. The van der Waals surface area contributed by atoms with Gasteiger partial charge in [-0.2, -0.15) is 5.26 Å². The summed E-state index contributed by atoms with van der Waals surface area (Å²) in [4.78, 5) is 21.0. The van der Waals surface area contributed by atoms with Gasteiger partial charge in [0.2, 0.25) is 5.92 Å². The Kier molecular flexibility index (Phi) is 5.09. The molecule has 0 bridgehead atoms. The van der Waals surface area contributed by atoms with E-state index < -0.39 is 29.6 Å². The maximum Gasteiger partial charge on any atom is 0.352 e. The maximum atomic E-state index is 14.0. The van der Waals surface area contributed by atoms with Crippen molar-refractivity contribution in [2.75, 3.05) is 0 Å². The Labute approximate surface area is 150 Å². The lowest BCUT2D eigenvalue weighted by molar-refractivity contribution is -0.243. The second kappa shape index (κ2) is 7.15. The molecule has 2 atom stereocenters. The summed E-state index contributed by atoms with van der Waals surface area (Å²) in [6.07, 6.45) is 3.18. The lowest BCUT2D eigenvalue weighted by Crippen LogP contribution is -2.44. The van der Waals surface area contributed by atoms with Crippen LogP contribution in [0.15, 0.2) is 42.7 Å². The summed E-state index contributed by atoms with van der Waals surface area (Å²) in [5, 5.41) is 9.18. The summed E-state index contributed by atoms with van der Waals surface area (Å²) in [6, 6.07) is 8.76. The first-order chi connectivity index (χ1) is 12.4. The summed E-state index contributed by atoms with van der Waals surface area (Å²) in [5.74, 6) is -3.56. The van der Waals surface area contributed by atoms with Crippen molar-refractivity contribution in [3.8, 4) is 0 Å². The van der Waals surface area contributed by atoms with E-state index in [2.05, 4.69) is 9.87 Å². The van der Waals surface area contributed by atoms with Gasteiger partial charge in [0.15, 0.2) is 0 Å². The van der Waals surface area contributed by atoms with Crippen LogP contribution in [-0.4, -0.2) is 26.7 Å². The first-order valence-electron chi connectivity index (χ1n) is 8.66. The molecule has 1 saturated carbocycles. The monoisotopic (exact) mass is 364 g/mol. The average Bonchev–Trinajstić information content (AvgIpc) is 3.21. The van der Waals surface area contributed by atoms with Gasteiger partial charge in [-0.1, -0.05) is 30.3 Å². The number of halogens is 2. The fourth-order valence-electron chi connectivity index (χ4n) is 4.10. The second-order valence-electron chi connectivity index (χ2n) is 6.93. The molecule has 1 aliphatic carbocycles. The molecule has 1 aromatic heterocycles. The molecule has 7 heteroatoms. The molecular formula is C19H22F2N2O3. The molecule has 2 aromatic rings. The summed E-state index contributed by atoms with van der Waals surface area (Å²) in [6.45, 7) is 2.23. The van der Waals surface area contributed by atoms with Crippen molar-refractivity contribution < 1.29 is 23.7 Å². The van der Waals surface area contributed by atoms with E-state index in [4.69, 9.17) is 0 Å². The highest BCUT2D eigenvalue weighted by molar-refractivity contribution is 5.83. The van der Waals surface area contributed by atoms with Crippen LogP contribution in [0, 0.1) is 12.8 Å². The first kappa shape index (κ1) is 18.5. The quantitative estimate of drug-likeness (QED) is 0.622. The number of alkyl halides is 2. The van der Waals surface area contributed by atoms with Crippen molar-refractivity contribution in [2.24, 2.45) is 5.92 Å². The van der Waals surface area contributed by atoms with Crippen LogP contribution in [0.3, 0.4) is 0 Å². The number of imidazole rings is 1.